The Morgan fingerprint density at radius 2 is 0.517 bits per heavy atom. The van der Waals surface area contributed by atoms with Crippen molar-refractivity contribution in [3.05, 3.63) is 70.4 Å². The van der Waals surface area contributed by atoms with E-state index in [2.05, 4.69) is 108 Å². The predicted octanol–water partition coefficient (Wildman–Crippen LogP) is -7.09. The third-order valence-electron chi connectivity index (χ3n) is 22.5. The fourth-order valence-electron chi connectivity index (χ4n) is 16.1. The number of rotatable bonds is 73. The number of amides is 10. The van der Waals surface area contributed by atoms with Crippen LogP contribution < -0.4 is 184 Å². The smallest absolute Gasteiger partial charge is 0.336 e. The molecule has 0 fully saturated rings. The summed E-state index contributed by atoms with van der Waals surface area (Å²) in [6, 6.07) is 4.13. The maximum absolute atomic E-state index is 14.6. The van der Waals surface area contributed by atoms with Gasteiger partial charge in [-0.25, -0.2) is 4.79 Å². The van der Waals surface area contributed by atoms with E-state index in [9.17, 15) is 67.7 Å². The first kappa shape index (κ1) is 125. The van der Waals surface area contributed by atoms with Crippen LogP contribution in [-0.4, -0.2) is 266 Å². The number of carbonyl (C=O) groups is 11. The molecular weight excluding hydrogens is 1950 g/mol. The molecule has 55 N–H and O–H groups in total. The van der Waals surface area contributed by atoms with Gasteiger partial charge in [0.05, 0.1) is 5.56 Å². The third-order valence-corrected chi connectivity index (χ3v) is 22.7. The third kappa shape index (κ3) is 57.1. The number of benzene rings is 3. The van der Waals surface area contributed by atoms with Crippen LogP contribution in [0.2, 0.25) is 0 Å². The highest BCUT2D eigenvalue weighted by molar-refractivity contribution is 7.80. The van der Waals surface area contributed by atoms with Crippen LogP contribution in [-0.2, 0) is 47.9 Å². The van der Waals surface area contributed by atoms with Crippen LogP contribution in [0.1, 0.15) is 203 Å². The van der Waals surface area contributed by atoms with E-state index in [1.165, 1.54) is 36.4 Å². The summed E-state index contributed by atoms with van der Waals surface area (Å²) in [4.78, 5) is 208. The van der Waals surface area contributed by atoms with Crippen LogP contribution in [0.3, 0.4) is 0 Å². The summed E-state index contributed by atoms with van der Waals surface area (Å²) in [5.74, 6) is -9.42. The Hall–Kier alpha value is -16.5. The highest BCUT2D eigenvalue weighted by Crippen LogP contribution is 2.43. The van der Waals surface area contributed by atoms with E-state index in [4.69, 9.17) is 137 Å². The van der Waals surface area contributed by atoms with E-state index in [-0.39, 0.29) is 330 Å². The van der Waals surface area contributed by atoms with Gasteiger partial charge >= 0.3 is 5.97 Å². The second-order valence-corrected chi connectivity index (χ2v) is 36.0. The molecule has 1 aliphatic heterocycles. The molecule has 10 atom stereocenters. The number of nitrogens with two attached hydrogens (primary N) is 21. The fraction of sp³-hybridized carbons (Fsp3) is 0.549. The Bertz CT molecular complexity index is 5320. The molecule has 4 rings (SSSR count). The minimum atomic E-state index is -1.32. The van der Waals surface area contributed by atoms with E-state index in [0.29, 0.717) is 35.8 Å². The van der Waals surface area contributed by atoms with Crippen molar-refractivity contribution in [2.75, 3.05) is 70.8 Å². The Balaban J connectivity index is 1.61. The lowest BCUT2D eigenvalue weighted by molar-refractivity contribution is -0.128. The van der Waals surface area contributed by atoms with E-state index in [0.717, 1.165) is 0 Å². The molecule has 1 heterocycles. The summed E-state index contributed by atoms with van der Waals surface area (Å²) in [6.07, 6.45) is 0.996. The molecule has 2 aromatic rings. The zero-order valence-corrected chi connectivity index (χ0v) is 84.8. The van der Waals surface area contributed by atoms with Crippen molar-refractivity contribution >= 4 is 159 Å². The average molecular weight is 2110 g/mol. The van der Waals surface area contributed by atoms with Crippen LogP contribution in [0.25, 0.3) is 33.4 Å². The van der Waals surface area contributed by atoms with Gasteiger partial charge in [0.15, 0.2) is 70.1 Å². The lowest BCUT2D eigenvalue weighted by atomic mass is 9.90. The van der Waals surface area contributed by atoms with Gasteiger partial charge in [0.1, 0.15) is 17.1 Å². The molecule has 0 unspecified atom stereocenters. The van der Waals surface area contributed by atoms with E-state index in [1.54, 1.807) is 18.2 Å². The van der Waals surface area contributed by atoms with Crippen LogP contribution in [0, 0.1) is 0 Å². The van der Waals surface area contributed by atoms with E-state index in [1.807, 2.05) is 0 Å². The van der Waals surface area contributed by atoms with Gasteiger partial charge in [-0.3, -0.25) is 103 Å². The zero-order chi connectivity index (χ0) is 110. The summed E-state index contributed by atoms with van der Waals surface area (Å²) in [5, 5.41) is 53.9. The first-order valence-corrected chi connectivity index (χ1v) is 49.2. The summed E-state index contributed by atoms with van der Waals surface area (Å²) >= 11 is 5.79. The lowest BCUT2D eigenvalue weighted by Gasteiger charge is -2.25. The summed E-state index contributed by atoms with van der Waals surface area (Å²) < 4.78 is 5.99. The molecule has 57 nitrogen and oxygen atoms in total. The predicted molar refractivity (Wildman–Crippen MR) is 578 cm³/mol. The van der Waals surface area contributed by atoms with Crippen molar-refractivity contribution in [3.8, 4) is 28.2 Å². The summed E-state index contributed by atoms with van der Waals surface area (Å²) in [5.41, 5.74) is 119. The Morgan fingerprint density at radius 3 is 0.745 bits per heavy atom. The summed E-state index contributed by atoms with van der Waals surface area (Å²) in [6.45, 7) is 1.09. The van der Waals surface area contributed by atoms with Gasteiger partial charge in [-0.1, -0.05) is 6.07 Å². The lowest BCUT2D eigenvalue weighted by Crippen LogP contribution is -2.47. The van der Waals surface area contributed by atoms with Crippen LogP contribution in [0.4, 0.5) is 5.69 Å². The number of phenolic OH excluding ortho intramolecular Hbond substituents is 1. The molecular formula is C91H154N42O15S. The minimum Gasteiger partial charge on any atom is -0.508 e. The van der Waals surface area contributed by atoms with Gasteiger partial charge in [-0.2, -0.15) is 0 Å². The number of fused-ring (bicyclic) bond motifs is 2. The number of hydrogen-bond acceptors (Lipinski definition) is 25. The normalized spacial score (nSPS) is 12.9. The molecule has 0 saturated heterocycles. The second-order valence-electron chi connectivity index (χ2n) is 35.6. The highest BCUT2D eigenvalue weighted by atomic mass is 32.1. The number of primary amides is 1. The van der Waals surface area contributed by atoms with Crippen molar-refractivity contribution in [2.24, 2.45) is 170 Å². The molecule has 0 radical (unpaired) electrons. The Labute approximate surface area is 867 Å². The zero-order valence-electron chi connectivity index (χ0n) is 84.0. The van der Waals surface area contributed by atoms with Crippen molar-refractivity contribution in [1.82, 2.24) is 53.2 Å². The van der Waals surface area contributed by atoms with Crippen molar-refractivity contribution in [1.29, 1.82) is 0 Å². The van der Waals surface area contributed by atoms with Crippen molar-refractivity contribution in [3.63, 3.8) is 0 Å². The van der Waals surface area contributed by atoms with Crippen LogP contribution in [0.15, 0.2) is 114 Å². The maximum atomic E-state index is 14.6. The standard InChI is InChI=1S/C91H154N42O15S/c92-69(136)38-50(11-1-27-113-81(93)94)123-70(137)39-51(12-2-28-114-82(95)96)124-71(138)40-52(13-3-29-115-83(97)98)125-72(139)41-53(14-4-30-116-84(99)100)126-73(140)42-54(15-5-31-117-85(101)102)127-74(141)43-55(16-6-32-118-86(103)104)128-75(142)44-56(17-7-33-119-87(105)106)129-76(143)45-57(18-8-34-120-88(107)108)130-77(144)46-58(19-9-35-121-89(109)110)131-78(145)47-59(20-10-36-122-90(111)112)132-91(149)133-60-21-24-63(66(37-60)80(146)147)79-64-25-22-61(134)48-67(64)148-68-49-62(135)23-26-65(68)79/h21-26,37,48-59,134H,1-20,27-36,38-47H2,(H2,92,136)(H,123,137)(H,124,138)(H,125,139)(H,126,140)(H,127,141)(H,128,142)(H,129,143)(H,130,144)(H,131,145)(H,146,147)(H4,93,94,113)(H4,95,96,114)(H4,97,98,115)(H4,99,100,116)(H4,101,102,117)(H4,103,104,118)(H4,105,106,119)(H4,107,108,120)(H4,109,110,121)(H4,111,112,122)(H2,132,133,149)/t50-,51-,52-,53-,54-,55-,56-,57-,58-,59-/m0/s1. The molecule has 0 bridgehead atoms. The molecule has 58 heteroatoms. The fourth-order valence-corrected chi connectivity index (χ4v) is 16.4. The Kier molecular flexibility index (Phi) is 57.6. The first-order chi connectivity index (χ1) is 70.6. The van der Waals surface area contributed by atoms with Gasteiger partial charge in [0, 0.05) is 224 Å². The van der Waals surface area contributed by atoms with Gasteiger partial charge in [0.25, 0.3) is 0 Å². The number of aliphatic imine (C=N–C) groups is 10. The number of nitrogens with one attached hydrogen (secondary N) is 11. The van der Waals surface area contributed by atoms with Gasteiger partial charge in [-0.15, -0.1) is 0 Å². The molecule has 0 saturated carbocycles. The monoisotopic (exact) mass is 2110 g/mol. The maximum Gasteiger partial charge on any atom is 0.336 e. The highest BCUT2D eigenvalue weighted by Gasteiger charge is 2.32. The number of carboxylic acid groups (broad SMARTS) is 1. The molecule has 2 aromatic carbocycles. The first-order valence-electron chi connectivity index (χ1n) is 48.8. The van der Waals surface area contributed by atoms with Gasteiger partial charge in [0.2, 0.25) is 59.1 Å². The number of nitrogens with zero attached hydrogens (tertiary/aromatic N) is 10. The molecule has 10 amide bonds. The SMILES string of the molecule is NC(=O)C[C@H](CCCN=C(N)N)NC(=O)C[C@H](CCCN=C(N)N)NC(=O)C[C@H](CCCN=C(N)N)NC(=O)C[C@H](CCCN=C(N)N)NC(=O)C[C@H](CCCN=C(N)N)NC(=O)C[C@H](CCCN=C(N)N)NC(=O)C[C@H](CCCN=C(N)N)NC(=O)C[C@H](CCCN=C(N)N)NC(=O)C[C@H](CCCN=C(N)N)NC(=O)C[C@H](CCCN=C(N)N)NC(=S)Nc1ccc(-c2c3ccc(=O)cc-3oc3cc(O)ccc23)c(C(=O)O)c1. The molecule has 1 aliphatic carbocycles. The van der Waals surface area contributed by atoms with Crippen molar-refractivity contribution < 1.29 is 67.4 Å². The average Bonchev–Trinajstić information content (AvgIpc) is 0.745. The van der Waals surface area contributed by atoms with E-state index < -0.39 is 138 Å². The molecule has 2 aliphatic rings. The second kappa shape index (κ2) is 68.7. The van der Waals surface area contributed by atoms with Crippen LogP contribution >= 0.6 is 12.2 Å². The Morgan fingerprint density at radius 1 is 0.289 bits per heavy atom. The topological polar surface area (TPSA) is 1060 Å². The van der Waals surface area contributed by atoms with Crippen LogP contribution in [0.5, 0.6) is 5.75 Å². The number of carbonyl (C=O) groups excluding carboxylic acids is 10. The minimum absolute atomic E-state index is 0.0259. The number of aromatic hydroxyl groups is 1. The quantitative estimate of drug-likeness (QED) is 0.00642. The number of carboxylic acids is 1. The molecule has 0 aromatic heterocycles. The molecule has 149 heavy (non-hydrogen) atoms. The summed E-state index contributed by atoms with van der Waals surface area (Å²) in [7, 11) is 0. The van der Waals surface area contributed by atoms with Gasteiger partial charge in [-0.05, 0) is 183 Å². The molecule has 824 valence electrons. The van der Waals surface area contributed by atoms with Crippen molar-refractivity contribution in [2.45, 2.75) is 253 Å². The number of thiocarbonyl (C=S) groups is 1. The molecule has 0 spiro atoms. The van der Waals surface area contributed by atoms with E-state index >= 15 is 0 Å². The number of anilines is 1. The number of aromatic carboxylic acids is 1. The number of guanidine groups is 10. The van der Waals surface area contributed by atoms with Gasteiger partial charge < -0.3 is 194 Å². The number of hydrogen-bond donors (Lipinski definition) is 34. The number of phenols is 1. The largest absolute Gasteiger partial charge is 0.508 e.